The minimum Gasteiger partial charge on any atom is -0.465 e. The molecular formula is C21H16O5. The third-order valence-electron chi connectivity index (χ3n) is 4.08. The molecule has 0 atom stereocenters. The molecule has 0 unspecified atom stereocenters. The average molecular weight is 348 g/mol. The summed E-state index contributed by atoms with van der Waals surface area (Å²) in [4.78, 5) is 36.8. The minimum absolute atomic E-state index is 0.247. The van der Waals surface area contributed by atoms with Crippen molar-refractivity contribution < 1.29 is 23.9 Å². The van der Waals surface area contributed by atoms with Crippen molar-refractivity contribution in [2.24, 2.45) is 0 Å². The van der Waals surface area contributed by atoms with Crippen LogP contribution in [0.2, 0.25) is 0 Å². The first-order valence-corrected chi connectivity index (χ1v) is 7.89. The van der Waals surface area contributed by atoms with E-state index in [1.165, 1.54) is 20.3 Å². The van der Waals surface area contributed by atoms with Gasteiger partial charge in [-0.1, -0.05) is 36.4 Å². The van der Waals surface area contributed by atoms with Crippen LogP contribution in [0.5, 0.6) is 0 Å². The number of carbonyl (C=O) groups is 3. The molecule has 0 radical (unpaired) electrons. The van der Waals surface area contributed by atoms with Crippen LogP contribution in [-0.2, 0) is 9.47 Å². The Hall–Kier alpha value is -3.47. The van der Waals surface area contributed by atoms with Crippen molar-refractivity contribution in [3.63, 3.8) is 0 Å². The Kier molecular flexibility index (Phi) is 4.80. The van der Waals surface area contributed by atoms with Gasteiger partial charge >= 0.3 is 11.9 Å². The summed E-state index contributed by atoms with van der Waals surface area (Å²) in [5.74, 6) is -1.28. The molecule has 130 valence electrons. The van der Waals surface area contributed by atoms with Gasteiger partial charge in [0.1, 0.15) is 0 Å². The topological polar surface area (TPSA) is 69.7 Å². The summed E-state index contributed by atoms with van der Waals surface area (Å²) in [6.07, 6.45) is 0. The fourth-order valence-electron chi connectivity index (χ4n) is 2.77. The van der Waals surface area contributed by atoms with Crippen LogP contribution >= 0.6 is 0 Å². The Morgan fingerprint density at radius 1 is 0.692 bits per heavy atom. The molecule has 0 aliphatic rings. The van der Waals surface area contributed by atoms with Gasteiger partial charge in [0, 0.05) is 11.1 Å². The maximum atomic E-state index is 13.0. The predicted molar refractivity (Wildman–Crippen MR) is 96.5 cm³/mol. The van der Waals surface area contributed by atoms with Crippen molar-refractivity contribution in [3.05, 3.63) is 82.9 Å². The van der Waals surface area contributed by atoms with Crippen molar-refractivity contribution in [1.29, 1.82) is 0 Å². The highest BCUT2D eigenvalue weighted by Gasteiger charge is 2.18. The molecule has 5 heteroatoms. The summed E-state index contributed by atoms with van der Waals surface area (Å²) >= 11 is 0. The van der Waals surface area contributed by atoms with Gasteiger partial charge in [-0.3, -0.25) is 4.79 Å². The highest BCUT2D eigenvalue weighted by Crippen LogP contribution is 2.26. The van der Waals surface area contributed by atoms with Gasteiger partial charge in [0.05, 0.1) is 25.3 Å². The maximum Gasteiger partial charge on any atom is 0.337 e. The van der Waals surface area contributed by atoms with E-state index in [9.17, 15) is 14.4 Å². The Balaban J connectivity index is 2.26. The van der Waals surface area contributed by atoms with E-state index < -0.39 is 11.9 Å². The fourth-order valence-corrected chi connectivity index (χ4v) is 2.77. The van der Waals surface area contributed by atoms with Crippen molar-refractivity contribution in [2.75, 3.05) is 14.2 Å². The molecule has 26 heavy (non-hydrogen) atoms. The number of ether oxygens (including phenoxy) is 2. The molecule has 0 heterocycles. The van der Waals surface area contributed by atoms with Crippen LogP contribution in [-0.4, -0.2) is 31.9 Å². The molecule has 5 nitrogen and oxygen atoms in total. The number of methoxy groups -OCH3 is 2. The average Bonchev–Trinajstić information content (AvgIpc) is 2.71. The van der Waals surface area contributed by atoms with Gasteiger partial charge in [0.15, 0.2) is 5.78 Å². The van der Waals surface area contributed by atoms with E-state index >= 15 is 0 Å². The summed E-state index contributed by atoms with van der Waals surface area (Å²) in [5, 5.41) is 1.22. The molecule has 3 aromatic rings. The zero-order valence-corrected chi connectivity index (χ0v) is 14.3. The van der Waals surface area contributed by atoms with E-state index in [0.29, 0.717) is 27.5 Å². The molecule has 0 amide bonds. The lowest BCUT2D eigenvalue weighted by atomic mass is 9.93. The lowest BCUT2D eigenvalue weighted by molar-refractivity contribution is 0.0591. The summed E-state index contributed by atoms with van der Waals surface area (Å²) < 4.78 is 9.53. The monoisotopic (exact) mass is 348 g/mol. The molecule has 0 saturated heterocycles. The number of fused-ring (bicyclic) bond motifs is 1. The molecule has 3 aromatic carbocycles. The van der Waals surface area contributed by atoms with E-state index in [1.54, 1.807) is 48.5 Å². The molecular weight excluding hydrogens is 332 g/mol. The molecule has 0 saturated carbocycles. The van der Waals surface area contributed by atoms with Crippen LogP contribution in [0.25, 0.3) is 10.8 Å². The van der Waals surface area contributed by atoms with Crippen LogP contribution in [0.15, 0.2) is 60.7 Å². The Morgan fingerprint density at radius 2 is 1.35 bits per heavy atom. The van der Waals surface area contributed by atoms with Crippen LogP contribution < -0.4 is 0 Å². The smallest absolute Gasteiger partial charge is 0.337 e. The summed E-state index contributed by atoms with van der Waals surface area (Å²) in [5.41, 5.74) is 1.40. The van der Waals surface area contributed by atoms with Crippen molar-refractivity contribution in [3.8, 4) is 0 Å². The third-order valence-corrected chi connectivity index (χ3v) is 4.08. The normalized spacial score (nSPS) is 10.4. The molecule has 0 spiro atoms. The van der Waals surface area contributed by atoms with E-state index in [2.05, 4.69) is 0 Å². The first-order valence-electron chi connectivity index (χ1n) is 7.89. The van der Waals surface area contributed by atoms with Crippen LogP contribution in [0.1, 0.15) is 36.6 Å². The maximum absolute atomic E-state index is 13.0. The van der Waals surface area contributed by atoms with Crippen molar-refractivity contribution >= 4 is 28.5 Å². The SMILES string of the molecule is COC(=O)c1cc(C(=O)c2ccccc2)c2cc(C(=O)OC)ccc2c1. The van der Waals surface area contributed by atoms with E-state index in [0.717, 1.165) is 0 Å². The zero-order chi connectivity index (χ0) is 18.7. The number of hydrogen-bond donors (Lipinski definition) is 0. The standard InChI is InChI=1S/C21H16O5/c1-25-20(23)15-9-8-14-10-16(21(24)26-2)12-18(17(14)11-15)19(22)13-6-4-3-5-7-13/h3-12H,1-2H3. The Labute approximate surface area is 150 Å². The van der Waals surface area contributed by atoms with Crippen LogP contribution in [0, 0.1) is 0 Å². The third kappa shape index (κ3) is 3.19. The largest absolute Gasteiger partial charge is 0.465 e. The number of ketones is 1. The van der Waals surface area contributed by atoms with Crippen LogP contribution in [0.4, 0.5) is 0 Å². The Morgan fingerprint density at radius 3 is 2.00 bits per heavy atom. The number of benzene rings is 3. The second-order valence-electron chi connectivity index (χ2n) is 5.64. The number of hydrogen-bond acceptors (Lipinski definition) is 5. The van der Waals surface area contributed by atoms with E-state index in [-0.39, 0.29) is 11.3 Å². The predicted octanol–water partition coefficient (Wildman–Crippen LogP) is 3.64. The fraction of sp³-hybridized carbons (Fsp3) is 0.0952. The second kappa shape index (κ2) is 7.19. The van der Waals surface area contributed by atoms with Crippen LogP contribution in [0.3, 0.4) is 0 Å². The summed E-state index contributed by atoms with van der Waals surface area (Å²) in [7, 11) is 2.58. The zero-order valence-electron chi connectivity index (χ0n) is 14.3. The van der Waals surface area contributed by atoms with Gasteiger partial charge < -0.3 is 9.47 Å². The van der Waals surface area contributed by atoms with Crippen molar-refractivity contribution in [1.82, 2.24) is 0 Å². The highest BCUT2D eigenvalue weighted by molar-refractivity contribution is 6.18. The first-order chi connectivity index (χ1) is 12.5. The summed E-state index contributed by atoms with van der Waals surface area (Å²) in [6.45, 7) is 0. The van der Waals surface area contributed by atoms with Gasteiger partial charge in [-0.2, -0.15) is 0 Å². The quantitative estimate of drug-likeness (QED) is 0.532. The first kappa shape index (κ1) is 17.4. The summed E-state index contributed by atoms with van der Waals surface area (Å²) in [6, 6.07) is 16.7. The molecule has 0 aromatic heterocycles. The number of esters is 2. The van der Waals surface area contributed by atoms with Gasteiger partial charge in [-0.05, 0) is 35.0 Å². The molecule has 0 aliphatic carbocycles. The lowest BCUT2D eigenvalue weighted by Gasteiger charge is -2.10. The molecule has 0 aliphatic heterocycles. The van der Waals surface area contributed by atoms with Gasteiger partial charge in [0.2, 0.25) is 0 Å². The Bertz CT molecular complexity index is 1010. The molecule has 0 N–H and O–H groups in total. The molecule has 0 bridgehead atoms. The second-order valence-corrected chi connectivity index (χ2v) is 5.64. The minimum atomic E-state index is -0.536. The van der Waals surface area contributed by atoms with Gasteiger partial charge in [0.25, 0.3) is 0 Å². The van der Waals surface area contributed by atoms with Crippen molar-refractivity contribution in [2.45, 2.75) is 0 Å². The molecule has 0 fully saturated rings. The number of carbonyl (C=O) groups excluding carboxylic acids is 3. The molecule has 3 rings (SSSR count). The van der Waals surface area contributed by atoms with Gasteiger partial charge in [-0.25, -0.2) is 9.59 Å². The lowest BCUT2D eigenvalue weighted by Crippen LogP contribution is -2.08. The number of rotatable bonds is 4. The van der Waals surface area contributed by atoms with E-state index in [1.807, 2.05) is 6.07 Å². The van der Waals surface area contributed by atoms with E-state index in [4.69, 9.17) is 9.47 Å². The highest BCUT2D eigenvalue weighted by atomic mass is 16.5. The van der Waals surface area contributed by atoms with Gasteiger partial charge in [-0.15, -0.1) is 0 Å².